The monoisotopic (exact) mass is 322 g/mol. The van der Waals surface area contributed by atoms with Crippen LogP contribution in [0.5, 0.6) is 0 Å². The van der Waals surface area contributed by atoms with Crippen LogP contribution in [0, 0.1) is 5.92 Å². The van der Waals surface area contributed by atoms with E-state index >= 15 is 0 Å². The van der Waals surface area contributed by atoms with Gasteiger partial charge < -0.3 is 10.2 Å². The van der Waals surface area contributed by atoms with E-state index in [0.29, 0.717) is 0 Å². The van der Waals surface area contributed by atoms with Gasteiger partial charge in [0.05, 0.1) is 12.2 Å². The van der Waals surface area contributed by atoms with Crippen LogP contribution in [0.1, 0.15) is 37.8 Å². The Hall–Kier alpha value is -0.780. The van der Waals surface area contributed by atoms with Gasteiger partial charge in [-0.15, -0.1) is 24.8 Å². The quantitative estimate of drug-likeness (QED) is 0.893. The van der Waals surface area contributed by atoms with Crippen molar-refractivity contribution in [3.05, 3.63) is 18.0 Å². The largest absolute Gasteiger partial charge is 0.335 e. The van der Waals surface area contributed by atoms with E-state index in [2.05, 4.69) is 15.5 Å². The van der Waals surface area contributed by atoms with Crippen LogP contribution in [0.3, 0.4) is 0 Å². The highest BCUT2D eigenvalue weighted by molar-refractivity contribution is 5.85. The average molecular weight is 323 g/mol. The molecule has 7 heteroatoms. The predicted octanol–water partition coefficient (Wildman–Crippen LogP) is 2.16. The van der Waals surface area contributed by atoms with Crippen LogP contribution >= 0.6 is 24.8 Å². The molecule has 1 aliphatic rings. The molecule has 1 aromatic heterocycles. The first-order chi connectivity index (χ1) is 8.74. The maximum absolute atomic E-state index is 12.4. The van der Waals surface area contributed by atoms with Crippen molar-refractivity contribution in [3.63, 3.8) is 0 Å². The van der Waals surface area contributed by atoms with E-state index in [1.54, 1.807) is 0 Å². The van der Waals surface area contributed by atoms with Gasteiger partial charge in [0, 0.05) is 30.8 Å². The lowest BCUT2D eigenvalue weighted by molar-refractivity contribution is -0.138. The van der Waals surface area contributed by atoms with Crippen molar-refractivity contribution in [1.29, 1.82) is 0 Å². The van der Waals surface area contributed by atoms with Gasteiger partial charge in [-0.25, -0.2) is 0 Å². The first kappa shape index (κ1) is 19.2. The van der Waals surface area contributed by atoms with Gasteiger partial charge in [0.2, 0.25) is 5.91 Å². The third-order valence-electron chi connectivity index (χ3n) is 3.62. The van der Waals surface area contributed by atoms with Crippen LogP contribution in [0.15, 0.2) is 12.4 Å². The lowest BCUT2D eigenvalue weighted by atomic mass is 9.95. The van der Waals surface area contributed by atoms with Crippen LogP contribution in [-0.2, 0) is 4.79 Å². The summed E-state index contributed by atoms with van der Waals surface area (Å²) in [6.45, 7) is 3.58. The molecule has 0 saturated carbocycles. The zero-order chi connectivity index (χ0) is 13.0. The molecule has 116 valence electrons. The summed E-state index contributed by atoms with van der Waals surface area (Å²) in [6, 6.07) is 0.198. The first-order valence-corrected chi connectivity index (χ1v) is 6.67. The SMILES string of the molecule is CNCC(C)C(=O)N1CCCCC1c1cn[nH]c1.Cl.Cl. The van der Waals surface area contributed by atoms with Crippen LogP contribution in [-0.4, -0.2) is 41.1 Å². The summed E-state index contributed by atoms with van der Waals surface area (Å²) in [7, 11) is 1.88. The first-order valence-electron chi connectivity index (χ1n) is 6.67. The molecule has 2 atom stereocenters. The number of hydrogen-bond acceptors (Lipinski definition) is 3. The van der Waals surface area contributed by atoms with E-state index in [1.165, 1.54) is 6.42 Å². The van der Waals surface area contributed by atoms with Crippen molar-refractivity contribution < 1.29 is 4.79 Å². The maximum atomic E-state index is 12.4. The second-order valence-corrected chi connectivity index (χ2v) is 5.03. The number of rotatable bonds is 4. The number of aromatic amines is 1. The van der Waals surface area contributed by atoms with Gasteiger partial charge >= 0.3 is 0 Å². The minimum atomic E-state index is 0. The minimum Gasteiger partial charge on any atom is -0.335 e. The molecule has 2 unspecified atom stereocenters. The highest BCUT2D eigenvalue weighted by atomic mass is 35.5. The van der Waals surface area contributed by atoms with E-state index in [9.17, 15) is 4.79 Å². The Bertz CT molecular complexity index is 386. The number of halogens is 2. The molecular formula is C13H24Cl2N4O. The second-order valence-electron chi connectivity index (χ2n) is 5.03. The third kappa shape index (κ3) is 4.36. The number of hydrogen-bond donors (Lipinski definition) is 2. The van der Waals surface area contributed by atoms with Gasteiger partial charge in [-0.05, 0) is 26.3 Å². The summed E-state index contributed by atoms with van der Waals surface area (Å²) < 4.78 is 0. The standard InChI is InChI=1S/C13H22N4O.2ClH/c1-10(7-14-2)13(18)17-6-4-3-5-12(17)11-8-15-16-9-11;;/h8-10,12,14H,3-7H2,1-2H3,(H,15,16);2*1H. The lowest BCUT2D eigenvalue weighted by Crippen LogP contribution is -2.43. The van der Waals surface area contributed by atoms with E-state index in [1.807, 2.05) is 31.3 Å². The molecule has 20 heavy (non-hydrogen) atoms. The molecule has 0 bridgehead atoms. The number of amides is 1. The summed E-state index contributed by atoms with van der Waals surface area (Å²) in [6.07, 6.45) is 7.06. The van der Waals surface area contributed by atoms with Crippen molar-refractivity contribution in [2.24, 2.45) is 5.92 Å². The van der Waals surface area contributed by atoms with E-state index < -0.39 is 0 Å². The Balaban J connectivity index is 0.00000180. The lowest BCUT2D eigenvalue weighted by Gasteiger charge is -2.37. The minimum absolute atomic E-state index is 0. The van der Waals surface area contributed by atoms with Crippen molar-refractivity contribution in [2.75, 3.05) is 20.1 Å². The average Bonchev–Trinajstić information content (AvgIpc) is 2.92. The molecule has 2 N–H and O–H groups in total. The Morgan fingerprint density at radius 2 is 2.30 bits per heavy atom. The zero-order valence-electron chi connectivity index (χ0n) is 12.0. The smallest absolute Gasteiger partial charge is 0.227 e. The Kier molecular flexibility index (Phi) is 8.85. The molecule has 0 aromatic carbocycles. The van der Waals surface area contributed by atoms with Crippen molar-refractivity contribution in [3.8, 4) is 0 Å². The van der Waals surface area contributed by atoms with Crippen molar-refractivity contribution in [2.45, 2.75) is 32.2 Å². The summed E-state index contributed by atoms with van der Waals surface area (Å²) in [5, 5.41) is 9.91. The molecule has 2 heterocycles. The summed E-state index contributed by atoms with van der Waals surface area (Å²) >= 11 is 0. The molecule has 0 aliphatic carbocycles. The fourth-order valence-electron chi connectivity index (χ4n) is 2.66. The number of piperidine rings is 1. The maximum Gasteiger partial charge on any atom is 0.227 e. The van der Waals surface area contributed by atoms with Crippen molar-refractivity contribution in [1.82, 2.24) is 20.4 Å². The summed E-state index contributed by atoms with van der Waals surface area (Å²) in [5.41, 5.74) is 1.12. The Morgan fingerprint density at radius 1 is 1.55 bits per heavy atom. The van der Waals surface area contributed by atoms with Gasteiger partial charge in [0.15, 0.2) is 0 Å². The molecular weight excluding hydrogens is 299 g/mol. The Morgan fingerprint density at radius 3 is 2.90 bits per heavy atom. The van der Waals surface area contributed by atoms with Crippen LogP contribution in [0.4, 0.5) is 0 Å². The highest BCUT2D eigenvalue weighted by Crippen LogP contribution is 2.31. The molecule has 5 nitrogen and oxygen atoms in total. The number of nitrogens with zero attached hydrogens (tertiary/aromatic N) is 2. The second kappa shape index (κ2) is 9.21. The van der Waals surface area contributed by atoms with Gasteiger partial charge in [-0.1, -0.05) is 6.92 Å². The van der Waals surface area contributed by atoms with Gasteiger partial charge in [0.25, 0.3) is 0 Å². The predicted molar refractivity (Wildman–Crippen MR) is 84.5 cm³/mol. The number of likely N-dealkylation sites (tertiary alicyclic amines) is 1. The van der Waals surface area contributed by atoms with E-state index in [4.69, 9.17) is 0 Å². The van der Waals surface area contributed by atoms with Gasteiger partial charge in [-0.3, -0.25) is 9.89 Å². The fraction of sp³-hybridized carbons (Fsp3) is 0.692. The van der Waals surface area contributed by atoms with E-state index in [0.717, 1.165) is 31.5 Å². The normalized spacial score (nSPS) is 19.7. The van der Waals surface area contributed by atoms with Crippen LogP contribution in [0.25, 0.3) is 0 Å². The molecule has 1 aliphatic heterocycles. The third-order valence-corrected chi connectivity index (χ3v) is 3.62. The number of nitrogens with one attached hydrogen (secondary N) is 2. The van der Waals surface area contributed by atoms with Crippen LogP contribution in [0.2, 0.25) is 0 Å². The van der Waals surface area contributed by atoms with Gasteiger partial charge in [0.1, 0.15) is 0 Å². The molecule has 1 saturated heterocycles. The van der Waals surface area contributed by atoms with Crippen molar-refractivity contribution >= 4 is 30.7 Å². The summed E-state index contributed by atoms with van der Waals surface area (Å²) in [5.74, 6) is 0.276. The van der Waals surface area contributed by atoms with E-state index in [-0.39, 0.29) is 42.7 Å². The zero-order valence-corrected chi connectivity index (χ0v) is 13.6. The number of carbonyl (C=O) groups excluding carboxylic acids is 1. The molecule has 1 fully saturated rings. The molecule has 2 rings (SSSR count). The Labute approximate surface area is 132 Å². The summed E-state index contributed by atoms with van der Waals surface area (Å²) in [4.78, 5) is 14.5. The number of H-pyrrole nitrogens is 1. The molecule has 0 radical (unpaired) electrons. The molecule has 1 aromatic rings. The molecule has 0 spiro atoms. The molecule has 1 amide bonds. The number of carbonyl (C=O) groups is 1. The number of aromatic nitrogens is 2. The topological polar surface area (TPSA) is 61.0 Å². The van der Waals surface area contributed by atoms with Gasteiger partial charge in [-0.2, -0.15) is 5.10 Å². The van der Waals surface area contributed by atoms with Crippen LogP contribution < -0.4 is 5.32 Å². The highest BCUT2D eigenvalue weighted by Gasteiger charge is 2.30. The fourth-order valence-corrected chi connectivity index (χ4v) is 2.66.